The van der Waals surface area contributed by atoms with E-state index in [1.165, 1.54) is 0 Å². The molecule has 0 N–H and O–H groups in total. The van der Waals surface area contributed by atoms with Crippen molar-refractivity contribution in [3.05, 3.63) is 0 Å². The lowest BCUT2D eigenvalue weighted by atomic mass is 10.0. The van der Waals surface area contributed by atoms with Gasteiger partial charge in [-0.2, -0.15) is 0 Å². The number of carbonyl (C=O) groups is 2. The van der Waals surface area contributed by atoms with Gasteiger partial charge in [0.05, 0.1) is 25.6 Å². The second kappa shape index (κ2) is 12.7. The molecule has 0 aromatic carbocycles. The maximum Gasteiger partial charge on any atom is 0.306 e. The third-order valence-corrected chi connectivity index (χ3v) is 3.27. The molecule has 0 rings (SSSR count). The van der Waals surface area contributed by atoms with Crippen LogP contribution in [0.2, 0.25) is 0 Å². The Kier molecular flexibility index (Phi) is 12.0. The minimum absolute atomic E-state index is 0.0724. The molecule has 0 fully saturated rings. The molecule has 0 saturated heterocycles. The van der Waals surface area contributed by atoms with Crippen LogP contribution in [-0.2, 0) is 19.1 Å². The second-order valence-corrected chi connectivity index (χ2v) is 6.05. The van der Waals surface area contributed by atoms with E-state index in [4.69, 9.17) is 9.47 Å². The van der Waals surface area contributed by atoms with Crippen LogP contribution in [0.4, 0.5) is 0 Å². The first-order valence-corrected chi connectivity index (χ1v) is 8.30. The summed E-state index contributed by atoms with van der Waals surface area (Å²) in [5, 5.41) is 0. The van der Waals surface area contributed by atoms with E-state index < -0.39 is 0 Å². The molecular weight excluding hydrogens is 268 g/mol. The second-order valence-electron chi connectivity index (χ2n) is 6.05. The van der Waals surface area contributed by atoms with Gasteiger partial charge in [-0.15, -0.1) is 0 Å². The molecule has 0 heterocycles. The predicted molar refractivity (Wildman–Crippen MR) is 84.0 cm³/mol. The lowest BCUT2D eigenvalue weighted by molar-refractivity contribution is -0.153. The summed E-state index contributed by atoms with van der Waals surface area (Å²) in [6.45, 7) is 8.82. The van der Waals surface area contributed by atoms with Gasteiger partial charge in [0, 0.05) is 0 Å². The van der Waals surface area contributed by atoms with Crippen molar-refractivity contribution in [3.8, 4) is 0 Å². The molecule has 0 radical (unpaired) electrons. The van der Waals surface area contributed by atoms with Gasteiger partial charge in [0.2, 0.25) is 0 Å². The maximum absolute atomic E-state index is 11.6. The molecule has 0 amide bonds. The molecule has 21 heavy (non-hydrogen) atoms. The fraction of sp³-hybridized carbons (Fsp3) is 0.882. The Bertz CT molecular complexity index is 287. The van der Waals surface area contributed by atoms with E-state index in [2.05, 4.69) is 20.8 Å². The highest BCUT2D eigenvalue weighted by Gasteiger charge is 2.12. The molecule has 1 unspecified atom stereocenters. The van der Waals surface area contributed by atoms with Gasteiger partial charge in [-0.25, -0.2) is 0 Å². The topological polar surface area (TPSA) is 52.6 Å². The molecular formula is C17H32O4. The summed E-state index contributed by atoms with van der Waals surface area (Å²) in [7, 11) is 0. The molecule has 0 aromatic rings. The van der Waals surface area contributed by atoms with Gasteiger partial charge < -0.3 is 9.47 Å². The summed E-state index contributed by atoms with van der Waals surface area (Å²) in [6, 6.07) is 0. The predicted octanol–water partition coefficient (Wildman–Crippen LogP) is 4.26. The van der Waals surface area contributed by atoms with Crippen LogP contribution in [0.5, 0.6) is 0 Å². The van der Waals surface area contributed by atoms with Gasteiger partial charge in [-0.1, -0.05) is 40.0 Å². The zero-order valence-corrected chi connectivity index (χ0v) is 14.2. The quantitative estimate of drug-likeness (QED) is 0.399. The Morgan fingerprint density at radius 1 is 0.905 bits per heavy atom. The van der Waals surface area contributed by atoms with Crippen molar-refractivity contribution in [3.63, 3.8) is 0 Å². The number of rotatable bonds is 12. The van der Waals surface area contributed by atoms with Crippen LogP contribution in [0, 0.1) is 5.92 Å². The summed E-state index contributed by atoms with van der Waals surface area (Å²) in [4.78, 5) is 23.0. The van der Waals surface area contributed by atoms with Crippen LogP contribution < -0.4 is 0 Å². The van der Waals surface area contributed by atoms with Crippen LogP contribution in [0.1, 0.15) is 79.1 Å². The number of hydrogen-bond donors (Lipinski definition) is 0. The molecule has 0 spiro atoms. The van der Waals surface area contributed by atoms with Crippen molar-refractivity contribution in [1.82, 2.24) is 0 Å². The fourth-order valence-corrected chi connectivity index (χ4v) is 1.97. The average molecular weight is 300 g/mol. The number of hydrogen-bond acceptors (Lipinski definition) is 4. The molecule has 0 aliphatic rings. The number of unbranched alkanes of at least 4 members (excludes halogenated alkanes) is 2. The third-order valence-electron chi connectivity index (χ3n) is 3.27. The number of carbonyl (C=O) groups excluding carboxylic acids is 2. The van der Waals surface area contributed by atoms with Gasteiger partial charge in [0.1, 0.15) is 0 Å². The smallest absolute Gasteiger partial charge is 0.306 e. The van der Waals surface area contributed by atoms with Crippen LogP contribution in [-0.4, -0.2) is 24.6 Å². The standard InChI is InChI=1S/C17H32O4/c1-5-6-7-13-20-16(18)11-12-17(19)21-15(4)10-8-9-14(2)3/h14-15H,5-13H2,1-4H3. The van der Waals surface area contributed by atoms with Gasteiger partial charge in [-0.3, -0.25) is 9.59 Å². The molecule has 0 aliphatic heterocycles. The van der Waals surface area contributed by atoms with Crippen molar-refractivity contribution in [2.24, 2.45) is 5.92 Å². The van der Waals surface area contributed by atoms with Crippen LogP contribution in [0.25, 0.3) is 0 Å². The van der Waals surface area contributed by atoms with Gasteiger partial charge in [0.25, 0.3) is 0 Å². The van der Waals surface area contributed by atoms with Gasteiger partial charge in [-0.05, 0) is 32.1 Å². The zero-order chi connectivity index (χ0) is 16.1. The van der Waals surface area contributed by atoms with Crippen molar-refractivity contribution in [2.45, 2.75) is 85.2 Å². The Labute approximate surface area is 129 Å². The molecule has 4 nitrogen and oxygen atoms in total. The van der Waals surface area contributed by atoms with E-state index in [0.29, 0.717) is 12.5 Å². The van der Waals surface area contributed by atoms with Crippen LogP contribution >= 0.6 is 0 Å². The third kappa shape index (κ3) is 13.7. The van der Waals surface area contributed by atoms with Crippen LogP contribution in [0.3, 0.4) is 0 Å². The SMILES string of the molecule is CCCCCOC(=O)CCC(=O)OC(C)CCCC(C)C. The highest BCUT2D eigenvalue weighted by Crippen LogP contribution is 2.11. The van der Waals surface area contributed by atoms with E-state index in [0.717, 1.165) is 38.5 Å². The monoisotopic (exact) mass is 300 g/mol. The molecule has 0 aliphatic carbocycles. The highest BCUT2D eigenvalue weighted by atomic mass is 16.5. The van der Waals surface area contributed by atoms with E-state index in [-0.39, 0.29) is 30.9 Å². The van der Waals surface area contributed by atoms with E-state index in [1.54, 1.807) is 0 Å². The zero-order valence-electron chi connectivity index (χ0n) is 14.2. The largest absolute Gasteiger partial charge is 0.466 e. The van der Waals surface area contributed by atoms with E-state index in [9.17, 15) is 9.59 Å². The minimum Gasteiger partial charge on any atom is -0.466 e. The highest BCUT2D eigenvalue weighted by molar-refractivity contribution is 5.77. The lowest BCUT2D eigenvalue weighted by Crippen LogP contribution is -2.16. The number of ether oxygens (including phenoxy) is 2. The average Bonchev–Trinajstić information content (AvgIpc) is 2.41. The Balaban J connectivity index is 3.62. The first-order valence-electron chi connectivity index (χ1n) is 8.30. The Hall–Kier alpha value is -1.06. The van der Waals surface area contributed by atoms with Crippen molar-refractivity contribution >= 4 is 11.9 Å². The summed E-state index contributed by atoms with van der Waals surface area (Å²) in [5.74, 6) is 0.0587. The first-order chi connectivity index (χ1) is 9.95. The van der Waals surface area contributed by atoms with Gasteiger partial charge >= 0.3 is 11.9 Å². The van der Waals surface area contributed by atoms with Crippen LogP contribution in [0.15, 0.2) is 0 Å². The van der Waals surface area contributed by atoms with Crippen molar-refractivity contribution < 1.29 is 19.1 Å². The Morgan fingerprint density at radius 2 is 1.57 bits per heavy atom. The maximum atomic E-state index is 11.6. The van der Waals surface area contributed by atoms with E-state index >= 15 is 0 Å². The molecule has 124 valence electrons. The lowest BCUT2D eigenvalue weighted by Gasteiger charge is -2.13. The molecule has 1 atom stereocenters. The Morgan fingerprint density at radius 3 is 2.19 bits per heavy atom. The summed E-state index contributed by atoms with van der Waals surface area (Å²) in [5.41, 5.74) is 0. The molecule has 0 saturated carbocycles. The summed E-state index contributed by atoms with van der Waals surface area (Å²) in [6.07, 6.45) is 6.28. The number of esters is 2. The van der Waals surface area contributed by atoms with Crippen molar-refractivity contribution in [2.75, 3.05) is 6.61 Å². The fourth-order valence-electron chi connectivity index (χ4n) is 1.97. The summed E-state index contributed by atoms with van der Waals surface area (Å²) >= 11 is 0. The molecule has 0 bridgehead atoms. The molecule has 0 aromatic heterocycles. The van der Waals surface area contributed by atoms with Crippen molar-refractivity contribution in [1.29, 1.82) is 0 Å². The minimum atomic E-state index is -0.310. The first kappa shape index (κ1) is 19.9. The summed E-state index contributed by atoms with van der Waals surface area (Å²) < 4.78 is 10.3. The van der Waals surface area contributed by atoms with Gasteiger partial charge in [0.15, 0.2) is 0 Å². The van der Waals surface area contributed by atoms with E-state index in [1.807, 2.05) is 6.92 Å². The molecule has 4 heteroatoms. The normalized spacial score (nSPS) is 12.2.